The molecule has 1 amide bonds. The highest BCUT2D eigenvalue weighted by atomic mass is 32.2. The summed E-state index contributed by atoms with van der Waals surface area (Å²) in [5.74, 6) is 1.27. The summed E-state index contributed by atoms with van der Waals surface area (Å²) in [5.41, 5.74) is 0. The van der Waals surface area contributed by atoms with E-state index in [2.05, 4.69) is 0 Å². The quantitative estimate of drug-likeness (QED) is 0.574. The number of nitrogens with zero attached hydrogens (tertiary/aromatic N) is 2. The second-order valence-electron chi connectivity index (χ2n) is 6.60. The van der Waals surface area contributed by atoms with E-state index in [4.69, 9.17) is 9.47 Å². The van der Waals surface area contributed by atoms with Crippen molar-refractivity contribution in [3.63, 3.8) is 0 Å². The lowest BCUT2D eigenvalue weighted by molar-refractivity contribution is -0.133. The maximum absolute atomic E-state index is 13.0. The number of thioether (sulfide) groups is 1. The van der Waals surface area contributed by atoms with Crippen molar-refractivity contribution in [1.82, 2.24) is 9.21 Å². The van der Waals surface area contributed by atoms with Crippen LogP contribution in [0.25, 0.3) is 0 Å². The molecular formula is C18H26N2O5S2. The van der Waals surface area contributed by atoms with Crippen LogP contribution in [0, 0.1) is 0 Å². The second kappa shape index (κ2) is 8.81. The lowest BCUT2D eigenvalue weighted by Crippen LogP contribution is -2.48. The van der Waals surface area contributed by atoms with Crippen LogP contribution in [0.5, 0.6) is 5.75 Å². The van der Waals surface area contributed by atoms with Crippen molar-refractivity contribution in [2.24, 2.45) is 0 Å². The molecule has 1 unspecified atom stereocenters. The van der Waals surface area contributed by atoms with Gasteiger partial charge in [0.05, 0.1) is 17.4 Å². The zero-order valence-electron chi connectivity index (χ0n) is 15.7. The summed E-state index contributed by atoms with van der Waals surface area (Å²) in [6.07, 6.45) is 2.00. The largest absolute Gasteiger partial charge is 0.491 e. The molecule has 1 aromatic rings. The van der Waals surface area contributed by atoms with Crippen molar-refractivity contribution in [3.8, 4) is 5.75 Å². The van der Waals surface area contributed by atoms with Crippen LogP contribution < -0.4 is 4.74 Å². The summed E-state index contributed by atoms with van der Waals surface area (Å²) in [4.78, 5) is 14.6. The molecule has 3 rings (SSSR count). The smallest absolute Gasteiger partial charge is 0.244 e. The number of hydrogen-bond donors (Lipinski definition) is 0. The average Bonchev–Trinajstić information content (AvgIpc) is 3.40. The standard InChI is InChI=1S/C18H26N2O5S2/c1-3-24-10-11-25-15-6-8-16(9-7-15)27(22,23)20-13-26-12-17(20)18(21)19(2)14-4-5-14/h6-9,14,17H,3-5,10-13H2,1-2H3. The number of sulfonamides is 1. The van der Waals surface area contributed by atoms with Gasteiger partial charge in [0.2, 0.25) is 15.9 Å². The van der Waals surface area contributed by atoms with Crippen molar-refractivity contribution < 1.29 is 22.7 Å². The molecule has 0 radical (unpaired) electrons. The first kappa shape index (κ1) is 20.4. The van der Waals surface area contributed by atoms with Gasteiger partial charge in [0.15, 0.2) is 0 Å². The molecule has 0 aromatic heterocycles. The van der Waals surface area contributed by atoms with Crippen molar-refractivity contribution in [2.75, 3.05) is 38.5 Å². The molecule has 1 saturated carbocycles. The summed E-state index contributed by atoms with van der Waals surface area (Å²) in [6, 6.07) is 5.96. The molecule has 1 heterocycles. The van der Waals surface area contributed by atoms with Crippen LogP contribution in [0.3, 0.4) is 0 Å². The molecule has 0 spiro atoms. The Kier molecular flexibility index (Phi) is 6.67. The van der Waals surface area contributed by atoms with E-state index in [9.17, 15) is 13.2 Å². The zero-order chi connectivity index (χ0) is 19.4. The Balaban J connectivity index is 1.68. The van der Waals surface area contributed by atoms with E-state index < -0.39 is 16.1 Å². The molecule has 1 atom stereocenters. The molecule has 9 heteroatoms. The van der Waals surface area contributed by atoms with E-state index in [1.54, 1.807) is 24.1 Å². The predicted octanol–water partition coefficient (Wildman–Crippen LogP) is 1.79. The molecule has 2 aliphatic rings. The van der Waals surface area contributed by atoms with Gasteiger partial charge in [-0.1, -0.05) is 0 Å². The van der Waals surface area contributed by atoms with Crippen LogP contribution in [0.15, 0.2) is 29.2 Å². The van der Waals surface area contributed by atoms with Gasteiger partial charge >= 0.3 is 0 Å². The lowest BCUT2D eigenvalue weighted by Gasteiger charge is -2.26. The Morgan fingerprint density at radius 2 is 1.96 bits per heavy atom. The fourth-order valence-electron chi connectivity index (χ4n) is 2.94. The monoisotopic (exact) mass is 414 g/mol. The van der Waals surface area contributed by atoms with Gasteiger partial charge in [-0.2, -0.15) is 4.31 Å². The van der Waals surface area contributed by atoms with E-state index in [0.29, 0.717) is 37.2 Å². The third kappa shape index (κ3) is 4.77. The maximum Gasteiger partial charge on any atom is 0.244 e. The average molecular weight is 415 g/mol. The van der Waals surface area contributed by atoms with Crippen LogP contribution in [0.4, 0.5) is 0 Å². The Bertz CT molecular complexity index is 750. The van der Waals surface area contributed by atoms with E-state index in [1.807, 2.05) is 6.92 Å². The van der Waals surface area contributed by atoms with Gasteiger partial charge in [-0.25, -0.2) is 8.42 Å². The van der Waals surface area contributed by atoms with Gasteiger partial charge in [-0.3, -0.25) is 4.79 Å². The molecule has 1 aromatic carbocycles. The Morgan fingerprint density at radius 3 is 2.59 bits per heavy atom. The molecule has 7 nitrogen and oxygen atoms in total. The van der Waals surface area contributed by atoms with Crippen molar-refractivity contribution in [2.45, 2.75) is 36.7 Å². The summed E-state index contributed by atoms with van der Waals surface area (Å²) in [7, 11) is -1.97. The predicted molar refractivity (Wildman–Crippen MR) is 104 cm³/mol. The number of likely N-dealkylation sites (N-methyl/N-ethyl adjacent to an activating group) is 1. The summed E-state index contributed by atoms with van der Waals surface area (Å²) >= 11 is 1.47. The summed E-state index contributed by atoms with van der Waals surface area (Å²) in [6.45, 7) is 3.44. The Labute approximate surface area is 165 Å². The first-order valence-electron chi connectivity index (χ1n) is 9.12. The van der Waals surface area contributed by atoms with Crippen molar-refractivity contribution >= 4 is 27.7 Å². The molecule has 27 heavy (non-hydrogen) atoms. The number of carbonyl (C=O) groups excluding carboxylic acids is 1. The molecular weight excluding hydrogens is 388 g/mol. The van der Waals surface area contributed by atoms with E-state index in [-0.39, 0.29) is 16.8 Å². The normalized spacial score (nSPS) is 20.6. The number of hydrogen-bond acceptors (Lipinski definition) is 6. The Morgan fingerprint density at radius 1 is 1.26 bits per heavy atom. The Hall–Kier alpha value is -1.29. The maximum atomic E-state index is 13.0. The fraction of sp³-hybridized carbons (Fsp3) is 0.611. The molecule has 1 aliphatic heterocycles. The minimum atomic E-state index is -3.73. The highest BCUT2D eigenvalue weighted by Crippen LogP contribution is 2.32. The first-order valence-corrected chi connectivity index (χ1v) is 11.7. The van der Waals surface area contributed by atoms with Crippen LogP contribution in [0.2, 0.25) is 0 Å². The first-order chi connectivity index (χ1) is 12.9. The number of ether oxygens (including phenoxy) is 2. The highest BCUT2D eigenvalue weighted by Gasteiger charge is 2.43. The van der Waals surface area contributed by atoms with Crippen LogP contribution in [-0.4, -0.2) is 74.1 Å². The second-order valence-corrected chi connectivity index (χ2v) is 9.50. The van der Waals surface area contributed by atoms with Crippen LogP contribution >= 0.6 is 11.8 Å². The lowest BCUT2D eigenvalue weighted by atomic mass is 10.3. The minimum Gasteiger partial charge on any atom is -0.491 e. The van der Waals surface area contributed by atoms with Crippen molar-refractivity contribution in [1.29, 1.82) is 0 Å². The molecule has 150 valence electrons. The third-order valence-corrected chi connectivity index (χ3v) is 7.74. The van der Waals surface area contributed by atoms with Crippen LogP contribution in [0.1, 0.15) is 19.8 Å². The van der Waals surface area contributed by atoms with Crippen molar-refractivity contribution in [3.05, 3.63) is 24.3 Å². The number of amides is 1. The molecule has 0 N–H and O–H groups in total. The number of rotatable bonds is 9. The zero-order valence-corrected chi connectivity index (χ0v) is 17.3. The van der Waals surface area contributed by atoms with Gasteiger partial charge in [0, 0.05) is 25.4 Å². The summed E-state index contributed by atoms with van der Waals surface area (Å²) < 4.78 is 38.2. The third-order valence-electron chi connectivity index (χ3n) is 4.70. The highest BCUT2D eigenvalue weighted by molar-refractivity contribution is 8.00. The molecule has 2 fully saturated rings. The van der Waals surface area contributed by atoms with Gasteiger partial charge in [-0.05, 0) is 44.0 Å². The number of carbonyl (C=O) groups is 1. The van der Waals surface area contributed by atoms with E-state index >= 15 is 0 Å². The SMILES string of the molecule is CCOCCOc1ccc(S(=O)(=O)N2CSCC2C(=O)N(C)C2CC2)cc1. The van der Waals surface area contributed by atoms with Gasteiger partial charge in [0.25, 0.3) is 0 Å². The van der Waals surface area contributed by atoms with Gasteiger partial charge in [-0.15, -0.1) is 11.8 Å². The van der Waals surface area contributed by atoms with Crippen LogP contribution in [-0.2, 0) is 19.6 Å². The fourth-order valence-corrected chi connectivity index (χ4v) is 6.08. The van der Waals surface area contributed by atoms with E-state index in [1.165, 1.54) is 28.2 Å². The topological polar surface area (TPSA) is 76.1 Å². The molecule has 0 bridgehead atoms. The van der Waals surface area contributed by atoms with Gasteiger partial charge in [0.1, 0.15) is 18.4 Å². The summed E-state index contributed by atoms with van der Waals surface area (Å²) in [5, 5.41) is 0. The van der Waals surface area contributed by atoms with Gasteiger partial charge < -0.3 is 14.4 Å². The molecule has 1 aliphatic carbocycles. The number of benzene rings is 1. The molecule has 1 saturated heterocycles. The van der Waals surface area contributed by atoms with E-state index in [0.717, 1.165) is 12.8 Å². The minimum absolute atomic E-state index is 0.109.